The summed E-state index contributed by atoms with van der Waals surface area (Å²) in [5, 5.41) is 2.00. The van der Waals surface area contributed by atoms with Crippen molar-refractivity contribution in [2.45, 2.75) is 6.18 Å². The van der Waals surface area contributed by atoms with Crippen LogP contribution in [0.3, 0.4) is 0 Å². The number of aromatic nitrogens is 1. The number of ketones is 1. The van der Waals surface area contributed by atoms with E-state index < -0.39 is 17.7 Å². The average molecular weight is 339 g/mol. The molecule has 25 heavy (non-hydrogen) atoms. The first-order valence-corrected chi connectivity index (χ1v) is 7.66. The Kier molecular flexibility index (Phi) is 3.39. The van der Waals surface area contributed by atoms with E-state index in [0.29, 0.717) is 5.52 Å². The molecule has 1 aromatic heterocycles. The summed E-state index contributed by atoms with van der Waals surface area (Å²) in [6, 6.07) is 18.6. The van der Waals surface area contributed by atoms with Crippen LogP contribution >= 0.6 is 0 Å². The summed E-state index contributed by atoms with van der Waals surface area (Å²) < 4.78 is 40.3. The van der Waals surface area contributed by atoms with Gasteiger partial charge >= 0.3 is 6.18 Å². The van der Waals surface area contributed by atoms with Crippen LogP contribution in [0, 0.1) is 0 Å². The zero-order chi connectivity index (χ0) is 17.6. The smallest absolute Gasteiger partial charge is 0.350 e. The molecule has 0 bridgehead atoms. The molecule has 0 aliphatic rings. The highest BCUT2D eigenvalue weighted by molar-refractivity contribution is 6.18. The fourth-order valence-corrected chi connectivity index (χ4v) is 3.07. The van der Waals surface area contributed by atoms with Crippen LogP contribution in [0.15, 0.2) is 66.7 Å². The lowest BCUT2D eigenvalue weighted by atomic mass is 9.97. The molecule has 0 saturated heterocycles. The number of carbonyl (C=O) groups excluding carboxylic acids is 1. The molecule has 0 atom stereocenters. The van der Waals surface area contributed by atoms with Gasteiger partial charge in [-0.2, -0.15) is 13.2 Å². The highest BCUT2D eigenvalue weighted by atomic mass is 19.4. The Morgan fingerprint density at radius 1 is 0.840 bits per heavy atom. The van der Waals surface area contributed by atoms with Gasteiger partial charge < -0.3 is 4.98 Å². The minimum atomic E-state index is -4.64. The second kappa shape index (κ2) is 5.48. The minimum absolute atomic E-state index is 0.231. The molecule has 0 radical (unpaired) electrons. The Hall–Kier alpha value is -3.08. The highest BCUT2D eigenvalue weighted by Gasteiger charge is 2.38. The van der Waals surface area contributed by atoms with Crippen molar-refractivity contribution < 1.29 is 18.0 Å². The van der Waals surface area contributed by atoms with Crippen LogP contribution in [0.4, 0.5) is 13.2 Å². The van der Waals surface area contributed by atoms with Crippen LogP contribution in [0.2, 0.25) is 0 Å². The van der Waals surface area contributed by atoms with Gasteiger partial charge in [-0.15, -0.1) is 0 Å². The zero-order valence-electron chi connectivity index (χ0n) is 12.9. The molecular formula is C20H12F3NO. The Bertz CT molecular complexity index is 1110. The molecular weight excluding hydrogens is 327 g/mol. The number of rotatable bonds is 2. The predicted octanol–water partition coefficient (Wildman–Crippen LogP) is 5.57. The molecule has 0 aliphatic heterocycles. The van der Waals surface area contributed by atoms with E-state index in [1.807, 2.05) is 24.3 Å². The van der Waals surface area contributed by atoms with Gasteiger partial charge in [0.2, 0.25) is 0 Å². The summed E-state index contributed by atoms with van der Waals surface area (Å²) in [4.78, 5) is 15.3. The fraction of sp³-hybridized carbons (Fsp3) is 0.0500. The molecule has 4 rings (SSSR count). The molecule has 3 aromatic carbocycles. The summed E-state index contributed by atoms with van der Waals surface area (Å²) in [6.45, 7) is 0. The molecule has 0 aliphatic carbocycles. The van der Waals surface area contributed by atoms with Crippen LogP contribution in [0.1, 0.15) is 21.6 Å². The van der Waals surface area contributed by atoms with E-state index in [2.05, 4.69) is 4.98 Å². The van der Waals surface area contributed by atoms with Crippen molar-refractivity contribution in [2.24, 2.45) is 0 Å². The molecule has 0 fully saturated rings. The molecule has 124 valence electrons. The van der Waals surface area contributed by atoms with Crippen LogP contribution < -0.4 is 0 Å². The van der Waals surface area contributed by atoms with Crippen molar-refractivity contribution in [1.82, 2.24) is 4.98 Å². The van der Waals surface area contributed by atoms with Gasteiger partial charge in [0, 0.05) is 16.5 Å². The van der Waals surface area contributed by atoms with Crippen LogP contribution in [0.5, 0.6) is 0 Å². The lowest BCUT2D eigenvalue weighted by Gasteiger charge is -2.08. The number of hydrogen-bond donors (Lipinski definition) is 1. The van der Waals surface area contributed by atoms with Gasteiger partial charge in [-0.3, -0.25) is 4.79 Å². The zero-order valence-corrected chi connectivity index (χ0v) is 12.9. The van der Waals surface area contributed by atoms with E-state index in [1.54, 1.807) is 30.3 Å². The number of aromatic amines is 1. The number of alkyl halides is 3. The Balaban J connectivity index is 1.94. The number of benzene rings is 3. The molecule has 0 spiro atoms. The van der Waals surface area contributed by atoms with Crippen molar-refractivity contribution >= 4 is 27.5 Å². The molecule has 5 heteroatoms. The number of para-hydroxylation sites is 1. The second-order valence-electron chi connectivity index (χ2n) is 5.81. The number of carbonyl (C=O) groups is 1. The number of nitrogens with one attached hydrogen (secondary N) is 1. The quantitative estimate of drug-likeness (QED) is 0.476. The summed E-state index contributed by atoms with van der Waals surface area (Å²) >= 11 is 0. The lowest BCUT2D eigenvalue weighted by Crippen LogP contribution is -2.13. The standard InChI is InChI=1S/C20H12F3NO/c21-20(22,23)19-17(15-7-3-4-8-16(15)24-19)18(25)14-10-9-12-5-1-2-6-13(12)11-14/h1-11,24H. The molecule has 0 amide bonds. The van der Waals surface area contributed by atoms with Gasteiger partial charge in [-0.05, 0) is 22.9 Å². The lowest BCUT2D eigenvalue weighted by molar-refractivity contribution is -0.140. The maximum absolute atomic E-state index is 13.4. The average Bonchev–Trinajstić information content (AvgIpc) is 3.00. The normalized spacial score (nSPS) is 12.0. The molecule has 2 nitrogen and oxygen atoms in total. The van der Waals surface area contributed by atoms with E-state index in [1.165, 1.54) is 12.1 Å². The number of hydrogen-bond acceptors (Lipinski definition) is 1. The largest absolute Gasteiger partial charge is 0.432 e. The third kappa shape index (κ3) is 2.58. The van der Waals surface area contributed by atoms with E-state index >= 15 is 0 Å². The molecule has 0 unspecified atom stereocenters. The van der Waals surface area contributed by atoms with Crippen molar-refractivity contribution in [2.75, 3.05) is 0 Å². The van der Waals surface area contributed by atoms with Crippen molar-refractivity contribution in [3.8, 4) is 0 Å². The third-order valence-corrected chi connectivity index (χ3v) is 4.23. The first-order valence-electron chi connectivity index (χ1n) is 7.66. The monoisotopic (exact) mass is 339 g/mol. The van der Waals surface area contributed by atoms with Crippen molar-refractivity contribution in [3.05, 3.63) is 83.6 Å². The second-order valence-corrected chi connectivity index (χ2v) is 5.81. The molecule has 1 heterocycles. The Morgan fingerprint density at radius 2 is 1.52 bits per heavy atom. The number of H-pyrrole nitrogens is 1. The first-order chi connectivity index (χ1) is 11.9. The maximum atomic E-state index is 13.4. The summed E-state index contributed by atoms with van der Waals surface area (Å²) in [5.74, 6) is -0.643. The Labute approximate surface area is 140 Å². The van der Waals surface area contributed by atoms with E-state index in [0.717, 1.165) is 10.8 Å². The van der Waals surface area contributed by atoms with E-state index in [4.69, 9.17) is 0 Å². The van der Waals surface area contributed by atoms with Gasteiger partial charge in [-0.25, -0.2) is 0 Å². The van der Waals surface area contributed by atoms with Gasteiger partial charge in [-0.1, -0.05) is 54.6 Å². The van der Waals surface area contributed by atoms with E-state index in [9.17, 15) is 18.0 Å². The van der Waals surface area contributed by atoms with Gasteiger partial charge in [0.1, 0.15) is 5.69 Å². The number of fused-ring (bicyclic) bond motifs is 2. The highest BCUT2D eigenvalue weighted by Crippen LogP contribution is 2.36. The first kappa shape index (κ1) is 15.4. The van der Waals surface area contributed by atoms with Crippen molar-refractivity contribution in [3.63, 3.8) is 0 Å². The number of halogens is 3. The van der Waals surface area contributed by atoms with Crippen molar-refractivity contribution in [1.29, 1.82) is 0 Å². The predicted molar refractivity (Wildman–Crippen MR) is 90.7 cm³/mol. The Morgan fingerprint density at radius 3 is 2.28 bits per heavy atom. The molecule has 4 aromatic rings. The van der Waals surface area contributed by atoms with Crippen LogP contribution in [0.25, 0.3) is 21.7 Å². The molecule has 1 N–H and O–H groups in total. The van der Waals surface area contributed by atoms with Gasteiger partial charge in [0.05, 0.1) is 5.56 Å². The summed E-state index contributed by atoms with van der Waals surface area (Å²) in [7, 11) is 0. The minimum Gasteiger partial charge on any atom is -0.350 e. The summed E-state index contributed by atoms with van der Waals surface area (Å²) in [6.07, 6.45) is -4.64. The topological polar surface area (TPSA) is 32.9 Å². The fourth-order valence-electron chi connectivity index (χ4n) is 3.07. The third-order valence-electron chi connectivity index (χ3n) is 4.23. The van der Waals surface area contributed by atoms with Gasteiger partial charge in [0.25, 0.3) is 0 Å². The maximum Gasteiger partial charge on any atom is 0.432 e. The van der Waals surface area contributed by atoms with Crippen LogP contribution in [-0.4, -0.2) is 10.8 Å². The van der Waals surface area contributed by atoms with Gasteiger partial charge in [0.15, 0.2) is 5.78 Å². The molecule has 0 saturated carbocycles. The summed E-state index contributed by atoms with van der Waals surface area (Å²) in [5.41, 5.74) is -0.821. The SMILES string of the molecule is O=C(c1ccc2ccccc2c1)c1c(C(F)(F)F)[nH]c2ccccc12. The van der Waals surface area contributed by atoms with Crippen LogP contribution in [-0.2, 0) is 6.18 Å². The van der Waals surface area contributed by atoms with E-state index in [-0.39, 0.29) is 16.5 Å².